The van der Waals surface area contributed by atoms with Crippen LogP contribution in [-0.4, -0.2) is 68.6 Å². The van der Waals surface area contributed by atoms with Crippen LogP contribution >= 0.6 is 0 Å². The predicted molar refractivity (Wildman–Crippen MR) is 138 cm³/mol. The van der Waals surface area contributed by atoms with Gasteiger partial charge in [-0.1, -0.05) is 12.2 Å². The highest BCUT2D eigenvalue weighted by molar-refractivity contribution is 5.82. The van der Waals surface area contributed by atoms with Crippen molar-refractivity contribution in [2.75, 3.05) is 39.5 Å². The molecule has 3 aromatic rings. The van der Waals surface area contributed by atoms with Crippen molar-refractivity contribution in [1.29, 1.82) is 0 Å². The van der Waals surface area contributed by atoms with Gasteiger partial charge in [0.05, 0.1) is 17.6 Å². The van der Waals surface area contributed by atoms with Crippen LogP contribution in [0.2, 0.25) is 0 Å². The zero-order chi connectivity index (χ0) is 23.9. The van der Waals surface area contributed by atoms with Crippen LogP contribution in [0, 0.1) is 0 Å². The first-order chi connectivity index (χ1) is 17.0. The molecule has 0 saturated heterocycles. The van der Waals surface area contributed by atoms with Gasteiger partial charge in [-0.25, -0.2) is 19.5 Å². The van der Waals surface area contributed by atoms with Crippen molar-refractivity contribution in [1.82, 2.24) is 34.4 Å². The maximum Gasteiger partial charge on any atom is 0.227 e. The Kier molecular flexibility index (Phi) is 5.60. The highest BCUT2D eigenvalue weighted by Gasteiger charge is 2.28. The zero-order valence-corrected chi connectivity index (χ0v) is 20.7. The molecule has 3 aliphatic rings. The SMILES string of the molecule is CN(C)CCN(C)C1=CC(Nc2ncc3c(n2)CC=C3c2ccn3ncc(C4CC4)c3n2)=CCC1. The third-order valence-electron chi connectivity index (χ3n) is 7.06. The van der Waals surface area contributed by atoms with Crippen molar-refractivity contribution in [3.63, 3.8) is 0 Å². The summed E-state index contributed by atoms with van der Waals surface area (Å²) in [6.45, 7) is 2.05. The molecule has 0 spiro atoms. The van der Waals surface area contributed by atoms with Gasteiger partial charge in [-0.2, -0.15) is 5.10 Å². The maximum absolute atomic E-state index is 4.98. The summed E-state index contributed by atoms with van der Waals surface area (Å²) >= 11 is 0. The van der Waals surface area contributed by atoms with Crippen LogP contribution < -0.4 is 5.32 Å². The molecule has 1 saturated carbocycles. The lowest BCUT2D eigenvalue weighted by Gasteiger charge is -2.26. The molecule has 0 radical (unpaired) electrons. The van der Waals surface area contributed by atoms with Crippen LogP contribution in [0.4, 0.5) is 5.95 Å². The molecule has 1 N–H and O–H groups in total. The quantitative estimate of drug-likeness (QED) is 0.538. The van der Waals surface area contributed by atoms with Crippen LogP contribution in [-0.2, 0) is 6.42 Å². The molecule has 3 heterocycles. The molecule has 3 aliphatic carbocycles. The van der Waals surface area contributed by atoms with Crippen molar-refractivity contribution in [2.45, 2.75) is 38.0 Å². The first-order valence-electron chi connectivity index (χ1n) is 12.5. The Morgan fingerprint density at radius 2 is 1.97 bits per heavy atom. The number of hydrogen-bond acceptors (Lipinski definition) is 7. The fourth-order valence-electron chi connectivity index (χ4n) is 4.83. The average Bonchev–Trinajstić information content (AvgIpc) is 3.48. The van der Waals surface area contributed by atoms with Gasteiger partial charge in [-0.05, 0) is 57.8 Å². The Hall–Kier alpha value is -3.52. The van der Waals surface area contributed by atoms with Gasteiger partial charge in [-0.3, -0.25) is 0 Å². The Morgan fingerprint density at radius 1 is 1.09 bits per heavy atom. The number of nitrogens with zero attached hydrogens (tertiary/aromatic N) is 7. The first-order valence-corrected chi connectivity index (χ1v) is 12.5. The van der Waals surface area contributed by atoms with E-state index in [2.05, 4.69) is 64.6 Å². The average molecular weight is 469 g/mol. The minimum absolute atomic E-state index is 0.619. The first kappa shape index (κ1) is 22.0. The Balaban J connectivity index is 1.19. The summed E-state index contributed by atoms with van der Waals surface area (Å²) in [6, 6.07) is 2.04. The molecule has 8 heteroatoms. The van der Waals surface area contributed by atoms with Gasteiger partial charge in [0.25, 0.3) is 0 Å². The molecule has 35 heavy (non-hydrogen) atoms. The Labute approximate surface area is 206 Å². The number of likely N-dealkylation sites (N-methyl/N-ethyl adjacent to an activating group) is 2. The molecule has 0 bridgehead atoms. The van der Waals surface area contributed by atoms with Gasteiger partial charge in [0, 0.05) is 67.0 Å². The zero-order valence-electron chi connectivity index (χ0n) is 20.7. The summed E-state index contributed by atoms with van der Waals surface area (Å²) in [4.78, 5) is 19.0. The summed E-state index contributed by atoms with van der Waals surface area (Å²) in [5.74, 6) is 1.27. The number of rotatable bonds is 8. The second-order valence-corrected chi connectivity index (χ2v) is 10.0. The number of anilines is 1. The molecule has 8 nitrogen and oxygen atoms in total. The van der Waals surface area contributed by atoms with E-state index < -0.39 is 0 Å². The molecule has 3 aromatic heterocycles. The standard InChI is InChI=1S/C27H32N8/c1-33(2)13-14-34(3)20-6-4-5-19(15-20)30-27-28-16-23-21(9-10-24(23)32-27)25-11-12-35-26(31-25)22(17-29-35)18-7-8-18/h5,9,11-12,15-18H,4,6-8,10,13-14H2,1-3H3,(H,28,30,32). The number of fused-ring (bicyclic) bond motifs is 2. The summed E-state index contributed by atoms with van der Waals surface area (Å²) in [7, 11) is 6.39. The molecule has 0 atom stereocenters. The normalized spacial score (nSPS) is 17.3. The molecule has 0 aliphatic heterocycles. The Bertz CT molecular complexity index is 1360. The molecule has 0 amide bonds. The van der Waals surface area contributed by atoms with E-state index in [1.165, 1.54) is 24.1 Å². The van der Waals surface area contributed by atoms with Crippen molar-refractivity contribution in [2.24, 2.45) is 0 Å². The second-order valence-electron chi connectivity index (χ2n) is 10.0. The van der Waals surface area contributed by atoms with Crippen LogP contribution in [0.3, 0.4) is 0 Å². The van der Waals surface area contributed by atoms with E-state index in [1.54, 1.807) is 0 Å². The molecular formula is C27H32N8. The largest absolute Gasteiger partial charge is 0.377 e. The van der Waals surface area contributed by atoms with Crippen molar-refractivity contribution >= 4 is 17.2 Å². The monoisotopic (exact) mass is 468 g/mol. The van der Waals surface area contributed by atoms with Crippen LogP contribution in [0.15, 0.2) is 54.3 Å². The Morgan fingerprint density at radius 3 is 2.80 bits per heavy atom. The van der Waals surface area contributed by atoms with Gasteiger partial charge >= 0.3 is 0 Å². The summed E-state index contributed by atoms with van der Waals surface area (Å²) in [5, 5.41) is 7.92. The third kappa shape index (κ3) is 4.46. The fourth-order valence-corrected chi connectivity index (χ4v) is 4.83. The molecule has 1 fully saturated rings. The molecule has 0 unspecified atom stereocenters. The third-order valence-corrected chi connectivity index (χ3v) is 7.06. The molecule has 6 rings (SSSR count). The topological polar surface area (TPSA) is 74.5 Å². The van der Waals surface area contributed by atoms with Gasteiger partial charge < -0.3 is 15.1 Å². The van der Waals surface area contributed by atoms with Crippen molar-refractivity contribution in [3.05, 3.63) is 76.8 Å². The molecule has 180 valence electrons. The van der Waals surface area contributed by atoms with E-state index in [0.29, 0.717) is 11.9 Å². The number of aromatic nitrogens is 5. The summed E-state index contributed by atoms with van der Waals surface area (Å²) in [5.41, 5.74) is 8.83. The highest BCUT2D eigenvalue weighted by Crippen LogP contribution is 2.42. The van der Waals surface area contributed by atoms with E-state index in [9.17, 15) is 0 Å². The molecule has 0 aromatic carbocycles. The lowest BCUT2D eigenvalue weighted by Crippen LogP contribution is -2.29. The predicted octanol–water partition coefficient (Wildman–Crippen LogP) is 3.85. The summed E-state index contributed by atoms with van der Waals surface area (Å²) in [6.07, 6.45) is 17.9. The van der Waals surface area contributed by atoms with Gasteiger partial charge in [0.1, 0.15) is 0 Å². The highest BCUT2D eigenvalue weighted by atomic mass is 15.2. The lowest BCUT2D eigenvalue weighted by atomic mass is 10.1. The van der Waals surface area contributed by atoms with E-state index in [0.717, 1.165) is 66.2 Å². The van der Waals surface area contributed by atoms with Gasteiger partial charge in [0.2, 0.25) is 5.95 Å². The van der Waals surface area contributed by atoms with E-state index in [4.69, 9.17) is 9.97 Å². The van der Waals surface area contributed by atoms with E-state index in [-0.39, 0.29) is 0 Å². The van der Waals surface area contributed by atoms with Crippen molar-refractivity contribution in [3.8, 4) is 0 Å². The lowest BCUT2D eigenvalue weighted by molar-refractivity contribution is 0.319. The summed E-state index contributed by atoms with van der Waals surface area (Å²) < 4.78 is 1.88. The van der Waals surface area contributed by atoms with E-state index >= 15 is 0 Å². The number of nitrogens with one attached hydrogen (secondary N) is 1. The van der Waals surface area contributed by atoms with E-state index in [1.807, 2.05) is 29.2 Å². The fraction of sp³-hybridized carbons (Fsp3) is 0.407. The smallest absolute Gasteiger partial charge is 0.227 e. The minimum Gasteiger partial charge on any atom is -0.377 e. The maximum atomic E-state index is 4.98. The minimum atomic E-state index is 0.619. The van der Waals surface area contributed by atoms with Crippen LogP contribution in [0.5, 0.6) is 0 Å². The number of allylic oxidation sites excluding steroid dienone is 4. The van der Waals surface area contributed by atoms with Crippen molar-refractivity contribution < 1.29 is 0 Å². The second kappa shape index (κ2) is 8.92. The molecular weight excluding hydrogens is 436 g/mol. The van der Waals surface area contributed by atoms with Crippen LogP contribution in [0.25, 0.3) is 11.2 Å². The van der Waals surface area contributed by atoms with Gasteiger partial charge in [0.15, 0.2) is 5.65 Å². The van der Waals surface area contributed by atoms with Gasteiger partial charge in [-0.15, -0.1) is 0 Å². The number of hydrogen-bond donors (Lipinski definition) is 1. The van der Waals surface area contributed by atoms with Crippen LogP contribution in [0.1, 0.15) is 54.1 Å².